The van der Waals surface area contributed by atoms with E-state index in [1.54, 1.807) is 13.4 Å². The first-order chi connectivity index (χ1) is 17.2. The van der Waals surface area contributed by atoms with Crippen LogP contribution in [0.25, 0.3) is 10.9 Å². The summed E-state index contributed by atoms with van der Waals surface area (Å²) in [6, 6.07) is 8.17. The number of anilines is 2. The third-order valence-corrected chi connectivity index (χ3v) is 6.80. The predicted molar refractivity (Wildman–Crippen MR) is 139 cm³/mol. The number of hydrogen-bond acceptors (Lipinski definition) is 7. The summed E-state index contributed by atoms with van der Waals surface area (Å²) >= 11 is 0. The minimum absolute atomic E-state index is 0.0282. The number of alkyl carbamates (subject to hydrolysis) is 1. The Morgan fingerprint density at radius 2 is 1.83 bits per heavy atom. The molecule has 5 rings (SSSR count). The quantitative estimate of drug-likeness (QED) is 0.463. The Kier molecular flexibility index (Phi) is 6.36. The number of hydrogen-bond donors (Lipinski definition) is 2. The van der Waals surface area contributed by atoms with Crippen molar-refractivity contribution >= 4 is 28.5 Å². The largest absolute Gasteiger partial charge is 0.493 e. The number of benzene rings is 2. The number of amides is 1. The van der Waals surface area contributed by atoms with Gasteiger partial charge in [-0.05, 0) is 75.8 Å². The molecule has 8 heteroatoms. The number of carbonyl (C=O) groups excluding carboxylic acids is 1. The number of nitrogens with one attached hydrogen (secondary N) is 2. The number of methoxy groups -OCH3 is 1. The molecule has 1 amide bonds. The van der Waals surface area contributed by atoms with Gasteiger partial charge < -0.3 is 24.8 Å². The van der Waals surface area contributed by atoms with Crippen LogP contribution < -0.4 is 20.1 Å². The predicted octanol–water partition coefficient (Wildman–Crippen LogP) is 5.61. The third kappa shape index (κ3) is 5.03. The fraction of sp³-hybridized carbons (Fsp3) is 0.464. The van der Waals surface area contributed by atoms with Gasteiger partial charge in [0.2, 0.25) is 0 Å². The van der Waals surface area contributed by atoms with Gasteiger partial charge in [0.15, 0.2) is 11.5 Å². The zero-order chi connectivity index (χ0) is 25.4. The average molecular weight is 491 g/mol. The molecule has 2 aromatic carbocycles. The van der Waals surface area contributed by atoms with Gasteiger partial charge in [-0.25, -0.2) is 14.8 Å². The summed E-state index contributed by atoms with van der Waals surface area (Å²) in [6.07, 6.45) is 5.92. The Morgan fingerprint density at radius 3 is 2.58 bits per heavy atom. The van der Waals surface area contributed by atoms with Crippen molar-refractivity contribution in [3.05, 3.63) is 47.3 Å². The lowest BCUT2D eigenvalue weighted by Crippen LogP contribution is -2.50. The van der Waals surface area contributed by atoms with Gasteiger partial charge in [-0.1, -0.05) is 6.07 Å². The fourth-order valence-electron chi connectivity index (χ4n) is 4.98. The molecular weight excluding hydrogens is 456 g/mol. The van der Waals surface area contributed by atoms with Crippen molar-refractivity contribution in [2.45, 2.75) is 77.5 Å². The van der Waals surface area contributed by atoms with E-state index in [0.717, 1.165) is 35.2 Å². The van der Waals surface area contributed by atoms with Crippen LogP contribution in [0.1, 0.15) is 56.7 Å². The second-order valence-corrected chi connectivity index (χ2v) is 10.7. The van der Waals surface area contributed by atoms with Crippen LogP contribution in [0.15, 0.2) is 30.6 Å². The SMILES string of the molecule is COc1cc2ncnc(Nc3ccc(C)c4c3CCC4)c2cc1OC1CC(NC(=O)OC(C)(C)C)C1. The van der Waals surface area contributed by atoms with E-state index in [9.17, 15) is 4.79 Å². The lowest BCUT2D eigenvalue weighted by atomic mass is 9.89. The van der Waals surface area contributed by atoms with E-state index in [2.05, 4.69) is 39.7 Å². The Hall–Kier alpha value is -3.55. The van der Waals surface area contributed by atoms with Gasteiger partial charge in [0, 0.05) is 36.0 Å². The molecule has 0 unspecified atom stereocenters. The van der Waals surface area contributed by atoms with Crippen molar-refractivity contribution in [2.75, 3.05) is 12.4 Å². The maximum absolute atomic E-state index is 12.0. The Morgan fingerprint density at radius 1 is 1.06 bits per heavy atom. The molecule has 8 nitrogen and oxygen atoms in total. The molecule has 0 radical (unpaired) electrons. The molecule has 0 spiro atoms. The minimum atomic E-state index is -0.519. The van der Waals surface area contributed by atoms with E-state index in [-0.39, 0.29) is 12.1 Å². The normalized spacial score (nSPS) is 18.8. The van der Waals surface area contributed by atoms with Crippen LogP contribution in [0.5, 0.6) is 11.5 Å². The zero-order valence-corrected chi connectivity index (χ0v) is 21.6. The standard InChI is InChI=1S/C28H34N4O4/c1-16-9-10-22(20-8-6-7-19(16)20)32-26-21-13-25(24(34-5)14-23(21)29-15-30-26)35-18-11-17(12-18)31-27(33)36-28(2,3)4/h9-10,13-15,17-18H,6-8,11-12H2,1-5H3,(H,31,33)(H,29,30,32). The summed E-state index contributed by atoms with van der Waals surface area (Å²) in [5.74, 6) is 1.99. The van der Waals surface area contributed by atoms with Gasteiger partial charge in [-0.3, -0.25) is 0 Å². The summed E-state index contributed by atoms with van der Waals surface area (Å²) in [5, 5.41) is 7.33. The van der Waals surface area contributed by atoms with E-state index in [0.29, 0.717) is 24.3 Å². The molecule has 1 fully saturated rings. The third-order valence-electron chi connectivity index (χ3n) is 6.80. The van der Waals surface area contributed by atoms with Crippen molar-refractivity contribution in [1.29, 1.82) is 0 Å². The second kappa shape index (κ2) is 9.48. The molecule has 0 atom stereocenters. The van der Waals surface area contributed by atoms with Crippen molar-refractivity contribution in [3.8, 4) is 11.5 Å². The maximum atomic E-state index is 12.0. The van der Waals surface area contributed by atoms with Crippen LogP contribution in [0, 0.1) is 6.92 Å². The highest BCUT2D eigenvalue weighted by molar-refractivity contribution is 5.93. The number of carbonyl (C=O) groups is 1. The lowest BCUT2D eigenvalue weighted by molar-refractivity contribution is 0.0358. The molecular formula is C28H34N4O4. The van der Waals surface area contributed by atoms with Crippen LogP contribution in [-0.4, -0.2) is 40.9 Å². The molecule has 2 N–H and O–H groups in total. The molecule has 0 aliphatic heterocycles. The van der Waals surface area contributed by atoms with Crippen molar-refractivity contribution < 1.29 is 19.0 Å². The first kappa shape index (κ1) is 24.2. The van der Waals surface area contributed by atoms with E-state index >= 15 is 0 Å². The van der Waals surface area contributed by atoms with Crippen LogP contribution >= 0.6 is 0 Å². The van der Waals surface area contributed by atoms with Crippen molar-refractivity contribution in [2.24, 2.45) is 0 Å². The van der Waals surface area contributed by atoms with Crippen LogP contribution in [-0.2, 0) is 17.6 Å². The van der Waals surface area contributed by atoms with Crippen molar-refractivity contribution in [3.63, 3.8) is 0 Å². The van der Waals surface area contributed by atoms with Gasteiger partial charge in [-0.15, -0.1) is 0 Å². The molecule has 1 saturated carbocycles. The highest BCUT2D eigenvalue weighted by Gasteiger charge is 2.34. The van der Waals surface area contributed by atoms with Crippen LogP contribution in [0.3, 0.4) is 0 Å². The molecule has 0 bridgehead atoms. The lowest BCUT2D eigenvalue weighted by Gasteiger charge is -2.36. The van der Waals surface area contributed by atoms with E-state index in [1.807, 2.05) is 32.9 Å². The maximum Gasteiger partial charge on any atom is 0.407 e. The van der Waals surface area contributed by atoms with Crippen LogP contribution in [0.2, 0.25) is 0 Å². The highest BCUT2D eigenvalue weighted by Crippen LogP contribution is 2.39. The van der Waals surface area contributed by atoms with Gasteiger partial charge in [0.05, 0.1) is 12.6 Å². The monoisotopic (exact) mass is 490 g/mol. The summed E-state index contributed by atoms with van der Waals surface area (Å²) < 4.78 is 17.2. The second-order valence-electron chi connectivity index (χ2n) is 10.7. The first-order valence-corrected chi connectivity index (χ1v) is 12.6. The Bertz CT molecular complexity index is 1290. The molecule has 3 aromatic rings. The average Bonchev–Trinajstić information content (AvgIpc) is 3.29. The molecule has 1 aromatic heterocycles. The topological polar surface area (TPSA) is 94.6 Å². The molecule has 36 heavy (non-hydrogen) atoms. The Balaban J connectivity index is 1.34. The van der Waals surface area contributed by atoms with Gasteiger partial charge in [0.1, 0.15) is 23.9 Å². The van der Waals surface area contributed by atoms with Crippen LogP contribution in [0.4, 0.5) is 16.3 Å². The molecule has 1 heterocycles. The number of aryl methyl sites for hydroxylation is 1. The van der Waals surface area contributed by atoms with E-state index < -0.39 is 11.7 Å². The fourth-order valence-corrected chi connectivity index (χ4v) is 4.98. The number of ether oxygens (including phenoxy) is 3. The van der Waals surface area contributed by atoms with Gasteiger partial charge >= 0.3 is 6.09 Å². The number of rotatable bonds is 6. The first-order valence-electron chi connectivity index (χ1n) is 12.6. The summed E-state index contributed by atoms with van der Waals surface area (Å²) in [4.78, 5) is 21.0. The molecule has 2 aliphatic carbocycles. The highest BCUT2D eigenvalue weighted by atomic mass is 16.6. The number of nitrogens with zero attached hydrogens (tertiary/aromatic N) is 2. The Labute approximate surface area is 211 Å². The zero-order valence-electron chi connectivity index (χ0n) is 21.6. The van der Waals surface area contributed by atoms with Gasteiger partial charge in [0.25, 0.3) is 0 Å². The van der Waals surface area contributed by atoms with Gasteiger partial charge in [-0.2, -0.15) is 0 Å². The molecule has 190 valence electrons. The summed E-state index contributed by atoms with van der Waals surface area (Å²) in [5.41, 5.74) is 5.53. The van der Waals surface area contributed by atoms with E-state index in [4.69, 9.17) is 14.2 Å². The molecule has 0 saturated heterocycles. The summed E-state index contributed by atoms with van der Waals surface area (Å²) in [6.45, 7) is 7.73. The summed E-state index contributed by atoms with van der Waals surface area (Å²) in [7, 11) is 1.62. The number of aromatic nitrogens is 2. The minimum Gasteiger partial charge on any atom is -0.493 e. The smallest absolute Gasteiger partial charge is 0.407 e. The molecule has 2 aliphatic rings. The number of fused-ring (bicyclic) bond motifs is 2. The van der Waals surface area contributed by atoms with E-state index in [1.165, 1.54) is 23.1 Å². The van der Waals surface area contributed by atoms with Crippen molar-refractivity contribution in [1.82, 2.24) is 15.3 Å².